The highest BCUT2D eigenvalue weighted by molar-refractivity contribution is 5.95. The number of rotatable bonds is 9. The summed E-state index contributed by atoms with van der Waals surface area (Å²) in [7, 11) is 0. The Morgan fingerprint density at radius 3 is 1.96 bits per heavy atom. The number of piperidine rings is 2. The van der Waals surface area contributed by atoms with Gasteiger partial charge in [0.1, 0.15) is 0 Å². The number of hydrogen-bond acceptors (Lipinski definition) is 4. The highest BCUT2D eigenvalue weighted by Crippen LogP contribution is 2.35. The second-order valence-electron chi connectivity index (χ2n) is 12.4. The van der Waals surface area contributed by atoms with E-state index in [0.29, 0.717) is 23.6 Å². The average Bonchev–Trinajstić information content (AvgIpc) is 3.43. The molecule has 4 aromatic rings. The maximum absolute atomic E-state index is 12.9. The van der Waals surface area contributed by atoms with Crippen LogP contribution in [-0.4, -0.2) is 77.3 Å². The number of alkyl halides is 3. The molecule has 0 aliphatic carbocycles. The molecule has 2 fully saturated rings. The van der Waals surface area contributed by atoms with Crippen LogP contribution in [-0.2, 0) is 12.7 Å². The standard InChI is InChI=1S/C36H41F3N4O2/c37-36(38,39)30-11-9-27(10-12-30)26-5-7-29(8-6-26)35(45)40-31-15-19-42(20-16-31)22-21-41-17-13-28(14-18-41)33-25-43(23-24-44)34-4-2-1-3-32(33)34/h1-12,25,28,31,44H,13-24H2,(H,40,45). The summed E-state index contributed by atoms with van der Waals surface area (Å²) < 4.78 is 40.7. The highest BCUT2D eigenvalue weighted by Gasteiger charge is 2.30. The molecular formula is C36H41F3N4O2. The van der Waals surface area contributed by atoms with Gasteiger partial charge in [-0.2, -0.15) is 13.2 Å². The van der Waals surface area contributed by atoms with Gasteiger partial charge >= 0.3 is 6.18 Å². The summed E-state index contributed by atoms with van der Waals surface area (Å²) in [5.74, 6) is 0.432. The van der Waals surface area contributed by atoms with Crippen LogP contribution in [0.4, 0.5) is 13.2 Å². The van der Waals surface area contributed by atoms with Gasteiger partial charge in [-0.25, -0.2) is 0 Å². The van der Waals surface area contributed by atoms with Crippen LogP contribution in [0.15, 0.2) is 79.0 Å². The lowest BCUT2D eigenvalue weighted by atomic mass is 9.89. The summed E-state index contributed by atoms with van der Waals surface area (Å²) in [6.45, 7) is 6.96. The van der Waals surface area contributed by atoms with Crippen molar-refractivity contribution in [1.82, 2.24) is 19.7 Å². The van der Waals surface area contributed by atoms with Crippen molar-refractivity contribution in [2.24, 2.45) is 0 Å². The monoisotopic (exact) mass is 618 g/mol. The van der Waals surface area contributed by atoms with Gasteiger partial charge in [-0.05, 0) is 91.7 Å². The Balaban J connectivity index is 0.923. The Labute approximate surface area is 262 Å². The van der Waals surface area contributed by atoms with Crippen LogP contribution in [0.5, 0.6) is 0 Å². The molecule has 2 N–H and O–H groups in total. The summed E-state index contributed by atoms with van der Waals surface area (Å²) in [6, 6.07) is 20.7. The Hall–Kier alpha value is -3.66. The van der Waals surface area contributed by atoms with Crippen LogP contribution in [0.2, 0.25) is 0 Å². The Morgan fingerprint density at radius 1 is 0.778 bits per heavy atom. The molecule has 0 radical (unpaired) electrons. The van der Waals surface area contributed by atoms with E-state index in [2.05, 4.69) is 50.1 Å². The summed E-state index contributed by atoms with van der Waals surface area (Å²) in [4.78, 5) is 18.0. The number of hydrogen-bond donors (Lipinski definition) is 2. The van der Waals surface area contributed by atoms with Gasteiger partial charge in [-0.3, -0.25) is 4.79 Å². The molecule has 1 aromatic heterocycles. The van der Waals surface area contributed by atoms with E-state index in [9.17, 15) is 23.1 Å². The van der Waals surface area contributed by atoms with Crippen molar-refractivity contribution in [3.8, 4) is 11.1 Å². The van der Waals surface area contributed by atoms with E-state index in [1.165, 1.54) is 28.6 Å². The fourth-order valence-corrected chi connectivity index (χ4v) is 6.88. The van der Waals surface area contributed by atoms with Gasteiger partial charge in [-0.1, -0.05) is 42.5 Å². The molecule has 45 heavy (non-hydrogen) atoms. The number of aliphatic hydroxyl groups is 1. The van der Waals surface area contributed by atoms with Crippen molar-refractivity contribution in [2.45, 2.75) is 50.4 Å². The van der Waals surface area contributed by atoms with Gasteiger partial charge in [0.25, 0.3) is 5.91 Å². The molecule has 9 heteroatoms. The number of halogens is 3. The van der Waals surface area contributed by atoms with Gasteiger partial charge in [-0.15, -0.1) is 0 Å². The topological polar surface area (TPSA) is 60.7 Å². The minimum atomic E-state index is -4.36. The van der Waals surface area contributed by atoms with Crippen molar-refractivity contribution in [3.05, 3.63) is 95.7 Å². The summed E-state index contributed by atoms with van der Waals surface area (Å²) in [6.07, 6.45) is 2.01. The fourth-order valence-electron chi connectivity index (χ4n) is 6.88. The van der Waals surface area contributed by atoms with E-state index in [1.807, 2.05) is 0 Å². The highest BCUT2D eigenvalue weighted by atomic mass is 19.4. The van der Waals surface area contributed by atoms with Crippen LogP contribution in [0.25, 0.3) is 22.0 Å². The van der Waals surface area contributed by atoms with Crippen molar-refractivity contribution >= 4 is 16.8 Å². The zero-order chi connectivity index (χ0) is 31.4. The molecule has 0 atom stereocenters. The number of aliphatic hydroxyl groups excluding tert-OH is 1. The van der Waals surface area contributed by atoms with Gasteiger partial charge in [0, 0.05) is 61.4 Å². The lowest BCUT2D eigenvalue weighted by molar-refractivity contribution is -0.137. The molecule has 1 amide bonds. The van der Waals surface area contributed by atoms with Gasteiger partial charge in [0.2, 0.25) is 0 Å². The molecule has 6 rings (SSSR count). The molecule has 0 spiro atoms. The number of aromatic nitrogens is 1. The zero-order valence-electron chi connectivity index (χ0n) is 25.5. The Bertz CT molecular complexity index is 1570. The third-order valence-corrected chi connectivity index (χ3v) is 9.54. The fraction of sp³-hybridized carbons (Fsp3) is 0.417. The molecule has 3 heterocycles. The van der Waals surface area contributed by atoms with Crippen molar-refractivity contribution < 1.29 is 23.1 Å². The first-order chi connectivity index (χ1) is 21.8. The van der Waals surface area contributed by atoms with E-state index in [-0.39, 0.29) is 18.6 Å². The quantitative estimate of drug-likeness (QED) is 0.228. The number of nitrogens with one attached hydrogen (secondary N) is 1. The predicted octanol–water partition coefficient (Wildman–Crippen LogP) is 6.39. The number of likely N-dealkylation sites (tertiary alicyclic amines) is 2. The Kier molecular flexibility index (Phi) is 9.58. The van der Waals surface area contributed by atoms with E-state index in [4.69, 9.17) is 0 Å². The number of carbonyl (C=O) groups is 1. The van der Waals surface area contributed by atoms with E-state index >= 15 is 0 Å². The second kappa shape index (κ2) is 13.8. The molecule has 0 bridgehead atoms. The van der Waals surface area contributed by atoms with Crippen LogP contribution in [0.1, 0.15) is 53.1 Å². The van der Waals surface area contributed by atoms with Crippen LogP contribution >= 0.6 is 0 Å². The minimum Gasteiger partial charge on any atom is -0.395 e. The second-order valence-corrected chi connectivity index (χ2v) is 12.4. The minimum absolute atomic E-state index is 0.116. The Morgan fingerprint density at radius 2 is 1.36 bits per heavy atom. The van der Waals surface area contributed by atoms with Crippen LogP contribution < -0.4 is 5.32 Å². The lowest BCUT2D eigenvalue weighted by Crippen LogP contribution is -2.47. The largest absolute Gasteiger partial charge is 0.416 e. The molecule has 6 nitrogen and oxygen atoms in total. The van der Waals surface area contributed by atoms with Crippen LogP contribution in [0, 0.1) is 0 Å². The molecule has 3 aromatic carbocycles. The number of carbonyl (C=O) groups excluding carboxylic acids is 1. The first-order valence-corrected chi connectivity index (χ1v) is 16.0. The lowest BCUT2D eigenvalue weighted by Gasteiger charge is -2.36. The molecule has 2 saturated heterocycles. The molecule has 2 aliphatic heterocycles. The summed E-state index contributed by atoms with van der Waals surface area (Å²) >= 11 is 0. The van der Waals surface area contributed by atoms with E-state index in [0.717, 1.165) is 82.6 Å². The molecule has 2 aliphatic rings. The van der Waals surface area contributed by atoms with Gasteiger partial charge < -0.3 is 24.8 Å². The van der Waals surface area contributed by atoms with Crippen molar-refractivity contribution in [1.29, 1.82) is 0 Å². The smallest absolute Gasteiger partial charge is 0.395 e. The zero-order valence-corrected chi connectivity index (χ0v) is 25.5. The number of nitrogens with zero attached hydrogens (tertiary/aromatic N) is 3. The summed E-state index contributed by atoms with van der Waals surface area (Å²) in [5.41, 5.74) is 3.94. The number of fused-ring (bicyclic) bond motifs is 1. The SMILES string of the molecule is O=C(NC1CCN(CCN2CCC(c3cn(CCO)c4ccccc34)CC2)CC1)c1ccc(-c2ccc(C(F)(F)F)cc2)cc1. The maximum Gasteiger partial charge on any atom is 0.416 e. The van der Waals surface area contributed by atoms with Gasteiger partial charge in [0.15, 0.2) is 0 Å². The third-order valence-electron chi connectivity index (χ3n) is 9.54. The molecule has 0 unspecified atom stereocenters. The first-order valence-electron chi connectivity index (χ1n) is 16.0. The number of benzene rings is 3. The number of para-hydroxylation sites is 1. The normalized spacial score (nSPS) is 17.6. The molecule has 238 valence electrons. The predicted molar refractivity (Wildman–Crippen MR) is 171 cm³/mol. The van der Waals surface area contributed by atoms with Crippen LogP contribution in [0.3, 0.4) is 0 Å². The molecular weight excluding hydrogens is 577 g/mol. The van der Waals surface area contributed by atoms with Crippen molar-refractivity contribution in [2.75, 3.05) is 45.9 Å². The third kappa shape index (κ3) is 7.43. The molecule has 0 saturated carbocycles. The average molecular weight is 619 g/mol. The van der Waals surface area contributed by atoms with E-state index < -0.39 is 11.7 Å². The first kappa shape index (κ1) is 31.3. The summed E-state index contributed by atoms with van der Waals surface area (Å²) in [5, 5.41) is 14.0. The van der Waals surface area contributed by atoms with E-state index in [1.54, 1.807) is 24.3 Å². The van der Waals surface area contributed by atoms with Crippen molar-refractivity contribution in [3.63, 3.8) is 0 Å². The maximum atomic E-state index is 12.9. The van der Waals surface area contributed by atoms with Gasteiger partial charge in [0.05, 0.1) is 12.2 Å². The number of amides is 1.